The summed E-state index contributed by atoms with van der Waals surface area (Å²) in [6, 6.07) is 18.1. The standard InChI is InChI=1S/C23H21ClN2O6S/c1-33(30,31)25-14-16-12-15(13-22(27)28)6-11-21(16)32-18-9-7-17(8-10-18)26-23(29)19-4-2-3-5-20(19)24/h2-12,25H,13-14H2,1H3,(H,26,29)(H,27,28). The molecule has 0 aliphatic carbocycles. The van der Waals surface area contributed by atoms with Gasteiger partial charge in [-0.05, 0) is 48.0 Å². The SMILES string of the molecule is CS(=O)(=O)NCc1cc(CC(=O)O)ccc1Oc1ccc(NC(=O)c2ccccc2Cl)cc1. The van der Waals surface area contributed by atoms with Crippen molar-refractivity contribution >= 4 is 39.2 Å². The van der Waals surface area contributed by atoms with Crippen LogP contribution in [0.25, 0.3) is 0 Å². The van der Waals surface area contributed by atoms with E-state index in [9.17, 15) is 18.0 Å². The zero-order valence-corrected chi connectivity index (χ0v) is 19.1. The van der Waals surface area contributed by atoms with Crippen molar-refractivity contribution in [3.05, 3.63) is 88.4 Å². The van der Waals surface area contributed by atoms with Crippen molar-refractivity contribution in [1.82, 2.24) is 4.72 Å². The molecule has 8 nitrogen and oxygen atoms in total. The summed E-state index contributed by atoms with van der Waals surface area (Å²) in [5, 5.41) is 12.1. The Morgan fingerprint density at radius 1 is 1.03 bits per heavy atom. The zero-order chi connectivity index (χ0) is 24.0. The number of anilines is 1. The van der Waals surface area contributed by atoms with Gasteiger partial charge in [-0.15, -0.1) is 0 Å². The second-order valence-corrected chi connectivity index (χ2v) is 9.41. The second-order valence-electron chi connectivity index (χ2n) is 7.17. The van der Waals surface area contributed by atoms with Gasteiger partial charge < -0.3 is 15.2 Å². The van der Waals surface area contributed by atoms with Gasteiger partial charge in [-0.25, -0.2) is 13.1 Å². The van der Waals surface area contributed by atoms with Crippen molar-refractivity contribution in [2.75, 3.05) is 11.6 Å². The summed E-state index contributed by atoms with van der Waals surface area (Å²) in [5.41, 5.74) is 1.88. The Morgan fingerprint density at radius 3 is 2.36 bits per heavy atom. The Hall–Kier alpha value is -3.40. The third kappa shape index (κ3) is 7.31. The van der Waals surface area contributed by atoms with Gasteiger partial charge in [0.25, 0.3) is 5.91 Å². The van der Waals surface area contributed by atoms with E-state index in [-0.39, 0.29) is 18.9 Å². The van der Waals surface area contributed by atoms with Gasteiger partial charge in [0.05, 0.1) is 23.3 Å². The van der Waals surface area contributed by atoms with E-state index >= 15 is 0 Å². The van der Waals surface area contributed by atoms with E-state index in [1.54, 1.807) is 66.7 Å². The maximum Gasteiger partial charge on any atom is 0.307 e. The Labute approximate surface area is 196 Å². The molecule has 0 aliphatic heterocycles. The van der Waals surface area contributed by atoms with Crippen molar-refractivity contribution in [3.8, 4) is 11.5 Å². The molecule has 0 saturated carbocycles. The first-order chi connectivity index (χ1) is 15.6. The summed E-state index contributed by atoms with van der Waals surface area (Å²) in [4.78, 5) is 23.4. The topological polar surface area (TPSA) is 122 Å². The van der Waals surface area contributed by atoms with Gasteiger partial charge in [0.2, 0.25) is 10.0 Å². The Kier molecular flexibility index (Phi) is 7.70. The van der Waals surface area contributed by atoms with Gasteiger partial charge in [0, 0.05) is 17.8 Å². The average Bonchev–Trinajstić information content (AvgIpc) is 2.74. The zero-order valence-electron chi connectivity index (χ0n) is 17.5. The fraction of sp³-hybridized carbons (Fsp3) is 0.130. The van der Waals surface area contributed by atoms with Crippen LogP contribution in [0.1, 0.15) is 21.5 Å². The minimum absolute atomic E-state index is 0.0619. The first kappa shape index (κ1) is 24.2. The predicted octanol–water partition coefficient (Wildman–Crippen LogP) is 4.06. The van der Waals surface area contributed by atoms with Crippen LogP contribution in [0, 0.1) is 0 Å². The Bertz CT molecular complexity index is 1280. The number of amides is 1. The van der Waals surface area contributed by atoms with E-state index in [4.69, 9.17) is 21.4 Å². The van der Waals surface area contributed by atoms with Crippen molar-refractivity contribution < 1.29 is 27.9 Å². The summed E-state index contributed by atoms with van der Waals surface area (Å²) in [7, 11) is -3.46. The molecule has 0 atom stereocenters. The number of rotatable bonds is 9. The van der Waals surface area contributed by atoms with Crippen molar-refractivity contribution in [2.45, 2.75) is 13.0 Å². The van der Waals surface area contributed by atoms with Crippen LogP contribution in [-0.2, 0) is 27.8 Å². The number of carbonyl (C=O) groups excluding carboxylic acids is 1. The predicted molar refractivity (Wildman–Crippen MR) is 125 cm³/mol. The molecule has 3 aromatic rings. The third-order valence-corrected chi connectivity index (χ3v) is 5.46. The van der Waals surface area contributed by atoms with Gasteiger partial charge in [-0.1, -0.05) is 35.9 Å². The molecule has 0 radical (unpaired) electrons. The van der Waals surface area contributed by atoms with Crippen molar-refractivity contribution in [1.29, 1.82) is 0 Å². The number of ether oxygens (including phenoxy) is 1. The monoisotopic (exact) mass is 488 g/mol. The molecule has 0 unspecified atom stereocenters. The number of hydrogen-bond acceptors (Lipinski definition) is 5. The Morgan fingerprint density at radius 2 is 1.73 bits per heavy atom. The summed E-state index contributed by atoms with van der Waals surface area (Å²) in [5.74, 6) is -0.539. The number of sulfonamides is 1. The van der Waals surface area contributed by atoms with Crippen LogP contribution >= 0.6 is 11.6 Å². The van der Waals surface area contributed by atoms with E-state index < -0.39 is 16.0 Å². The highest BCUT2D eigenvalue weighted by Gasteiger charge is 2.12. The summed E-state index contributed by atoms with van der Waals surface area (Å²) >= 11 is 6.05. The van der Waals surface area contributed by atoms with Crippen LogP contribution in [0.15, 0.2) is 66.7 Å². The number of halogens is 1. The van der Waals surface area contributed by atoms with Crippen molar-refractivity contribution in [2.24, 2.45) is 0 Å². The molecule has 10 heteroatoms. The normalized spacial score (nSPS) is 11.1. The second kappa shape index (κ2) is 10.5. The molecule has 0 fully saturated rings. The molecule has 3 rings (SSSR count). The number of aliphatic carboxylic acids is 1. The number of nitrogens with one attached hydrogen (secondary N) is 2. The van der Waals surface area contributed by atoms with Crippen LogP contribution < -0.4 is 14.8 Å². The fourth-order valence-corrected chi connectivity index (χ4v) is 3.58. The molecule has 1 amide bonds. The van der Waals surface area contributed by atoms with E-state index in [0.29, 0.717) is 38.9 Å². The molecule has 3 aromatic carbocycles. The van der Waals surface area contributed by atoms with Crippen LogP contribution in [0.3, 0.4) is 0 Å². The van der Waals surface area contributed by atoms with Gasteiger partial charge in [-0.2, -0.15) is 0 Å². The summed E-state index contributed by atoms with van der Waals surface area (Å²) < 4.78 is 31.3. The minimum Gasteiger partial charge on any atom is -0.481 e. The quantitative estimate of drug-likeness (QED) is 0.417. The number of carbonyl (C=O) groups is 2. The highest BCUT2D eigenvalue weighted by Crippen LogP contribution is 2.28. The van der Waals surface area contributed by atoms with Crippen molar-refractivity contribution in [3.63, 3.8) is 0 Å². The highest BCUT2D eigenvalue weighted by molar-refractivity contribution is 7.88. The molecule has 33 heavy (non-hydrogen) atoms. The van der Waals surface area contributed by atoms with Crippen LogP contribution in [-0.4, -0.2) is 31.7 Å². The van der Waals surface area contributed by atoms with Crippen LogP contribution in [0.2, 0.25) is 5.02 Å². The summed E-state index contributed by atoms with van der Waals surface area (Å²) in [6.45, 7) is -0.0619. The molecule has 0 heterocycles. The number of carboxylic acids is 1. The van der Waals surface area contributed by atoms with E-state index in [2.05, 4.69) is 10.0 Å². The van der Waals surface area contributed by atoms with Gasteiger partial charge in [0.15, 0.2) is 0 Å². The molecule has 0 bridgehead atoms. The van der Waals surface area contributed by atoms with E-state index in [1.807, 2.05) is 0 Å². The van der Waals surface area contributed by atoms with E-state index in [0.717, 1.165) is 6.26 Å². The molecular formula is C23H21ClN2O6S. The van der Waals surface area contributed by atoms with E-state index in [1.165, 1.54) is 0 Å². The number of hydrogen-bond donors (Lipinski definition) is 3. The molecule has 3 N–H and O–H groups in total. The largest absolute Gasteiger partial charge is 0.481 e. The molecule has 0 aliphatic rings. The van der Waals surface area contributed by atoms with Gasteiger partial charge in [0.1, 0.15) is 11.5 Å². The average molecular weight is 489 g/mol. The third-order valence-electron chi connectivity index (χ3n) is 4.46. The maximum atomic E-state index is 12.4. The first-order valence-electron chi connectivity index (χ1n) is 9.73. The minimum atomic E-state index is -3.46. The highest BCUT2D eigenvalue weighted by atomic mass is 35.5. The number of benzene rings is 3. The number of carboxylic acid groups (broad SMARTS) is 1. The Balaban J connectivity index is 1.76. The van der Waals surface area contributed by atoms with Crippen LogP contribution in [0.5, 0.6) is 11.5 Å². The van der Waals surface area contributed by atoms with Gasteiger partial charge >= 0.3 is 5.97 Å². The molecule has 0 saturated heterocycles. The maximum absolute atomic E-state index is 12.4. The molecule has 0 spiro atoms. The van der Waals surface area contributed by atoms with Crippen LogP contribution in [0.4, 0.5) is 5.69 Å². The van der Waals surface area contributed by atoms with Gasteiger partial charge in [-0.3, -0.25) is 9.59 Å². The molecule has 0 aromatic heterocycles. The lowest BCUT2D eigenvalue weighted by Crippen LogP contribution is -2.21. The summed E-state index contributed by atoms with van der Waals surface area (Å²) in [6.07, 6.45) is 0.830. The smallest absolute Gasteiger partial charge is 0.307 e. The lowest BCUT2D eigenvalue weighted by atomic mass is 10.1. The molecule has 172 valence electrons. The first-order valence-corrected chi connectivity index (χ1v) is 12.0. The lowest BCUT2D eigenvalue weighted by Gasteiger charge is -2.14. The molecular weight excluding hydrogens is 468 g/mol. The lowest BCUT2D eigenvalue weighted by molar-refractivity contribution is -0.136. The fourth-order valence-electron chi connectivity index (χ4n) is 2.94.